The van der Waals surface area contributed by atoms with Gasteiger partial charge in [-0.25, -0.2) is 4.79 Å². The second kappa shape index (κ2) is 6.82. The highest BCUT2D eigenvalue weighted by atomic mass is 16.2. The quantitative estimate of drug-likeness (QED) is 0.880. The van der Waals surface area contributed by atoms with Crippen LogP contribution in [0, 0.1) is 6.92 Å². The van der Waals surface area contributed by atoms with Gasteiger partial charge >= 0.3 is 5.69 Å². The van der Waals surface area contributed by atoms with Crippen LogP contribution in [0.1, 0.15) is 42.3 Å². The third-order valence-corrected chi connectivity index (χ3v) is 4.44. The van der Waals surface area contributed by atoms with E-state index in [1.807, 2.05) is 18.2 Å². The van der Waals surface area contributed by atoms with Gasteiger partial charge in [0.05, 0.1) is 18.2 Å². The van der Waals surface area contributed by atoms with E-state index in [-0.39, 0.29) is 18.4 Å². The number of carbonyl (C=O) groups excluding carboxylic acids is 1. The Hall–Kier alpha value is -2.70. The van der Waals surface area contributed by atoms with Gasteiger partial charge in [0.2, 0.25) is 5.91 Å². The van der Waals surface area contributed by atoms with Crippen molar-refractivity contribution in [3.8, 4) is 0 Å². The lowest BCUT2D eigenvalue weighted by atomic mass is 9.97. The molecule has 1 fully saturated rings. The van der Waals surface area contributed by atoms with Crippen LogP contribution in [0.2, 0.25) is 0 Å². The lowest BCUT2D eigenvalue weighted by Gasteiger charge is -2.35. The van der Waals surface area contributed by atoms with E-state index in [4.69, 9.17) is 0 Å². The molecule has 1 saturated heterocycles. The maximum absolute atomic E-state index is 12.8. The first kappa shape index (κ1) is 16.2. The number of hydrogen-bond acceptors (Lipinski definition) is 4. The van der Waals surface area contributed by atoms with Gasteiger partial charge in [0.1, 0.15) is 0 Å². The standard InChI is InChI=1S/C17H20N4O3/c1-11-12(16(23)20-17(24)19-11)10-15(22)21-9-5-3-7-14(21)13-6-2-4-8-18-13/h2,4,6,8,14H,3,5,7,9-10H2,1H3,(H2,19,20,23,24)/t14-/m1/s1. The third-order valence-electron chi connectivity index (χ3n) is 4.44. The summed E-state index contributed by atoms with van der Waals surface area (Å²) in [6, 6.07) is 5.63. The molecule has 0 saturated carbocycles. The van der Waals surface area contributed by atoms with E-state index in [1.165, 1.54) is 0 Å². The molecule has 0 bridgehead atoms. The number of H-pyrrole nitrogens is 2. The predicted molar refractivity (Wildman–Crippen MR) is 88.7 cm³/mol. The van der Waals surface area contributed by atoms with Crippen LogP contribution in [0.4, 0.5) is 0 Å². The van der Waals surface area contributed by atoms with Crippen LogP contribution in [-0.4, -0.2) is 32.3 Å². The van der Waals surface area contributed by atoms with E-state index in [1.54, 1.807) is 18.0 Å². The van der Waals surface area contributed by atoms with E-state index in [0.29, 0.717) is 17.8 Å². The summed E-state index contributed by atoms with van der Waals surface area (Å²) in [5, 5.41) is 0. The number of pyridine rings is 1. The molecule has 0 aliphatic carbocycles. The number of aromatic amines is 2. The van der Waals surface area contributed by atoms with Gasteiger partial charge in [-0.1, -0.05) is 6.07 Å². The van der Waals surface area contributed by atoms with E-state index in [2.05, 4.69) is 15.0 Å². The number of amides is 1. The summed E-state index contributed by atoms with van der Waals surface area (Å²) in [5.41, 5.74) is 0.556. The summed E-state index contributed by atoms with van der Waals surface area (Å²) in [7, 11) is 0. The van der Waals surface area contributed by atoms with Crippen molar-refractivity contribution in [1.82, 2.24) is 19.9 Å². The van der Waals surface area contributed by atoms with Gasteiger partial charge in [-0.05, 0) is 38.3 Å². The monoisotopic (exact) mass is 328 g/mol. The Bertz CT molecular complexity index is 841. The van der Waals surface area contributed by atoms with Crippen LogP contribution in [0.5, 0.6) is 0 Å². The number of piperidine rings is 1. The second-order valence-electron chi connectivity index (χ2n) is 6.04. The van der Waals surface area contributed by atoms with Gasteiger partial charge in [-0.3, -0.25) is 19.6 Å². The van der Waals surface area contributed by atoms with E-state index < -0.39 is 11.2 Å². The highest BCUT2D eigenvalue weighted by Gasteiger charge is 2.29. The summed E-state index contributed by atoms with van der Waals surface area (Å²) < 4.78 is 0. The molecule has 0 aromatic carbocycles. The first-order valence-electron chi connectivity index (χ1n) is 8.08. The molecule has 3 heterocycles. The molecule has 3 rings (SSSR count). The molecule has 2 N–H and O–H groups in total. The fourth-order valence-corrected chi connectivity index (χ4v) is 3.20. The zero-order valence-electron chi connectivity index (χ0n) is 13.5. The lowest BCUT2D eigenvalue weighted by Crippen LogP contribution is -2.41. The van der Waals surface area contributed by atoms with E-state index >= 15 is 0 Å². The minimum absolute atomic E-state index is 0.0265. The topological polar surface area (TPSA) is 98.9 Å². The first-order chi connectivity index (χ1) is 11.6. The number of rotatable bonds is 3. The molecular weight excluding hydrogens is 308 g/mol. The molecule has 0 spiro atoms. The maximum atomic E-state index is 12.8. The molecule has 1 atom stereocenters. The first-order valence-corrected chi connectivity index (χ1v) is 8.08. The largest absolute Gasteiger partial charge is 0.334 e. The Balaban J connectivity index is 1.85. The predicted octanol–water partition coefficient (Wildman–Crippen LogP) is 1.06. The highest BCUT2D eigenvalue weighted by Crippen LogP contribution is 2.30. The highest BCUT2D eigenvalue weighted by molar-refractivity contribution is 5.79. The molecule has 2 aromatic heterocycles. The minimum Gasteiger partial charge on any atom is -0.334 e. The maximum Gasteiger partial charge on any atom is 0.325 e. The number of hydrogen-bond donors (Lipinski definition) is 2. The van der Waals surface area contributed by atoms with Crippen LogP contribution in [0.15, 0.2) is 34.0 Å². The van der Waals surface area contributed by atoms with E-state index in [9.17, 15) is 14.4 Å². The molecule has 1 aliphatic heterocycles. The fraction of sp³-hybridized carbons (Fsp3) is 0.412. The Morgan fingerprint density at radius 3 is 2.83 bits per heavy atom. The zero-order valence-corrected chi connectivity index (χ0v) is 13.5. The molecule has 126 valence electrons. The van der Waals surface area contributed by atoms with Crippen molar-refractivity contribution in [2.24, 2.45) is 0 Å². The van der Waals surface area contributed by atoms with Crippen molar-refractivity contribution < 1.29 is 4.79 Å². The zero-order chi connectivity index (χ0) is 17.1. The molecule has 7 nitrogen and oxygen atoms in total. The smallest absolute Gasteiger partial charge is 0.325 e. The van der Waals surface area contributed by atoms with Crippen molar-refractivity contribution >= 4 is 5.91 Å². The minimum atomic E-state index is -0.557. The summed E-state index contributed by atoms with van der Waals surface area (Å²) in [6.07, 6.45) is 4.55. The number of aryl methyl sites for hydroxylation is 1. The molecule has 7 heteroatoms. The fourth-order valence-electron chi connectivity index (χ4n) is 3.20. The Morgan fingerprint density at radius 2 is 2.12 bits per heavy atom. The normalized spacial score (nSPS) is 17.7. The average Bonchev–Trinajstić information content (AvgIpc) is 2.58. The molecule has 24 heavy (non-hydrogen) atoms. The van der Waals surface area contributed by atoms with Crippen molar-refractivity contribution in [2.75, 3.05) is 6.54 Å². The van der Waals surface area contributed by atoms with Crippen LogP contribution < -0.4 is 11.2 Å². The molecule has 2 aromatic rings. The van der Waals surface area contributed by atoms with Gasteiger partial charge < -0.3 is 9.88 Å². The second-order valence-corrected chi connectivity index (χ2v) is 6.04. The van der Waals surface area contributed by atoms with Crippen LogP contribution in [0.25, 0.3) is 0 Å². The number of aromatic nitrogens is 3. The third kappa shape index (κ3) is 3.29. The van der Waals surface area contributed by atoms with Gasteiger partial charge in [0, 0.05) is 24.0 Å². The Kier molecular flexibility index (Phi) is 4.59. The Morgan fingerprint density at radius 1 is 1.29 bits per heavy atom. The van der Waals surface area contributed by atoms with E-state index in [0.717, 1.165) is 25.0 Å². The lowest BCUT2D eigenvalue weighted by molar-refractivity contribution is -0.134. The Labute approximate surface area is 138 Å². The van der Waals surface area contributed by atoms with Crippen LogP contribution in [-0.2, 0) is 11.2 Å². The van der Waals surface area contributed by atoms with Crippen molar-refractivity contribution in [3.05, 3.63) is 62.2 Å². The summed E-state index contributed by atoms with van der Waals surface area (Å²) in [6.45, 7) is 2.28. The van der Waals surface area contributed by atoms with Crippen molar-refractivity contribution in [3.63, 3.8) is 0 Å². The van der Waals surface area contributed by atoms with Gasteiger partial charge in [0.25, 0.3) is 5.56 Å². The average molecular weight is 328 g/mol. The van der Waals surface area contributed by atoms with Crippen LogP contribution >= 0.6 is 0 Å². The number of nitrogens with one attached hydrogen (secondary N) is 2. The van der Waals surface area contributed by atoms with Crippen molar-refractivity contribution in [1.29, 1.82) is 0 Å². The van der Waals surface area contributed by atoms with Crippen molar-refractivity contribution in [2.45, 2.75) is 38.6 Å². The van der Waals surface area contributed by atoms with Gasteiger partial charge in [-0.15, -0.1) is 0 Å². The summed E-state index contributed by atoms with van der Waals surface area (Å²) in [4.78, 5) is 46.9. The summed E-state index contributed by atoms with van der Waals surface area (Å²) >= 11 is 0. The van der Waals surface area contributed by atoms with Gasteiger partial charge in [-0.2, -0.15) is 0 Å². The SMILES string of the molecule is Cc1[nH]c(=O)[nH]c(=O)c1CC(=O)N1CCCC[C@@H]1c1ccccn1. The molecular formula is C17H20N4O3. The van der Waals surface area contributed by atoms with Gasteiger partial charge in [0.15, 0.2) is 0 Å². The summed E-state index contributed by atoms with van der Waals surface area (Å²) in [5.74, 6) is -0.119. The number of likely N-dealkylation sites (tertiary alicyclic amines) is 1. The molecule has 0 unspecified atom stereocenters. The number of carbonyl (C=O) groups is 1. The molecule has 1 aliphatic rings. The van der Waals surface area contributed by atoms with Crippen LogP contribution in [0.3, 0.4) is 0 Å². The molecule has 0 radical (unpaired) electrons. The molecule has 1 amide bonds. The number of nitrogens with zero attached hydrogens (tertiary/aromatic N) is 2.